The van der Waals surface area contributed by atoms with Crippen molar-refractivity contribution < 1.29 is 14.3 Å². The maximum Gasteiger partial charge on any atom is 0.224 e. The highest BCUT2D eigenvalue weighted by Crippen LogP contribution is 2.10. The number of rotatable bonds is 10. The summed E-state index contributed by atoms with van der Waals surface area (Å²) in [5.74, 6) is -0.0732. The molecule has 0 saturated heterocycles. The quantitative estimate of drug-likeness (QED) is 0.673. The first-order valence-electron chi connectivity index (χ1n) is 7.21. The molecule has 0 bridgehead atoms. The minimum Gasteiger partial charge on any atom is -0.379 e. The minimum atomic E-state index is -0.0732. The second-order valence-corrected chi connectivity index (χ2v) is 4.57. The van der Waals surface area contributed by atoms with E-state index in [4.69, 9.17) is 14.7 Å². The fourth-order valence-electron chi connectivity index (χ4n) is 1.69. The molecule has 5 heteroatoms. The van der Waals surface area contributed by atoms with Gasteiger partial charge >= 0.3 is 0 Å². The predicted molar refractivity (Wildman–Crippen MR) is 80.9 cm³/mol. The Balaban J connectivity index is 2.10. The maximum absolute atomic E-state index is 11.7. The van der Waals surface area contributed by atoms with Gasteiger partial charge in [-0.05, 0) is 31.0 Å². The molecule has 1 rings (SSSR count). The van der Waals surface area contributed by atoms with Crippen molar-refractivity contribution in [2.45, 2.75) is 26.2 Å². The number of hydrogen-bond donors (Lipinski definition) is 1. The van der Waals surface area contributed by atoms with E-state index in [0.29, 0.717) is 43.9 Å². The molecule has 114 valence electrons. The topological polar surface area (TPSA) is 71.3 Å². The molecule has 0 saturated carbocycles. The van der Waals surface area contributed by atoms with Crippen molar-refractivity contribution in [1.82, 2.24) is 0 Å². The van der Waals surface area contributed by atoms with Gasteiger partial charge in [0, 0.05) is 25.3 Å². The van der Waals surface area contributed by atoms with Crippen molar-refractivity contribution in [2.75, 3.05) is 31.7 Å². The molecule has 0 radical (unpaired) electrons. The van der Waals surface area contributed by atoms with Gasteiger partial charge in [0.05, 0.1) is 24.8 Å². The average Bonchev–Trinajstić information content (AvgIpc) is 2.50. The third-order valence-electron chi connectivity index (χ3n) is 2.69. The van der Waals surface area contributed by atoms with Crippen molar-refractivity contribution in [3.8, 4) is 6.07 Å². The van der Waals surface area contributed by atoms with Crippen molar-refractivity contribution in [2.24, 2.45) is 0 Å². The van der Waals surface area contributed by atoms with Gasteiger partial charge in [0.1, 0.15) is 0 Å². The van der Waals surface area contributed by atoms with Crippen LogP contribution in [0.1, 0.15) is 31.7 Å². The zero-order valence-electron chi connectivity index (χ0n) is 12.4. The molecular formula is C16H22N2O3. The predicted octanol–water partition coefficient (Wildman–Crippen LogP) is 2.72. The van der Waals surface area contributed by atoms with E-state index >= 15 is 0 Å². The monoisotopic (exact) mass is 290 g/mol. The molecule has 5 nitrogen and oxygen atoms in total. The molecule has 1 aromatic carbocycles. The first kappa shape index (κ1) is 17.2. The molecule has 0 heterocycles. The smallest absolute Gasteiger partial charge is 0.224 e. The number of carbonyl (C=O) groups is 1. The number of amides is 1. The third-order valence-corrected chi connectivity index (χ3v) is 2.69. The highest BCUT2D eigenvalue weighted by molar-refractivity contribution is 5.90. The number of nitrogens with zero attached hydrogens (tertiary/aromatic N) is 1. The standard InChI is InChI=1S/C16H22N2O3/c1-2-8-20-10-11-21-9-4-7-16(19)18-15-6-3-5-14(12-15)13-17/h3,5-6,12H,2,4,7-11H2,1H3,(H,18,19). The van der Waals surface area contributed by atoms with Gasteiger partial charge < -0.3 is 14.8 Å². The van der Waals surface area contributed by atoms with E-state index in [1.807, 2.05) is 6.07 Å². The molecule has 0 aliphatic rings. The van der Waals surface area contributed by atoms with Gasteiger partial charge in [-0.25, -0.2) is 0 Å². The summed E-state index contributed by atoms with van der Waals surface area (Å²) in [4.78, 5) is 11.7. The van der Waals surface area contributed by atoms with E-state index in [1.54, 1.807) is 24.3 Å². The zero-order chi connectivity index (χ0) is 15.3. The molecule has 21 heavy (non-hydrogen) atoms. The Hall–Kier alpha value is -1.90. The van der Waals surface area contributed by atoms with E-state index in [-0.39, 0.29) is 5.91 Å². The van der Waals surface area contributed by atoms with E-state index in [2.05, 4.69) is 12.2 Å². The Labute approximate surface area is 125 Å². The van der Waals surface area contributed by atoms with Gasteiger partial charge in [0.15, 0.2) is 0 Å². The van der Waals surface area contributed by atoms with Crippen LogP contribution in [0.2, 0.25) is 0 Å². The molecule has 0 aliphatic carbocycles. The molecule has 0 aromatic heterocycles. The highest BCUT2D eigenvalue weighted by atomic mass is 16.5. The lowest BCUT2D eigenvalue weighted by Gasteiger charge is -2.06. The summed E-state index contributed by atoms with van der Waals surface area (Å²) in [5.41, 5.74) is 1.18. The van der Waals surface area contributed by atoms with Gasteiger partial charge in [-0.2, -0.15) is 5.26 Å². The maximum atomic E-state index is 11.7. The SMILES string of the molecule is CCCOCCOCCCC(=O)Nc1cccc(C#N)c1. The lowest BCUT2D eigenvalue weighted by molar-refractivity contribution is -0.116. The van der Waals surface area contributed by atoms with Crippen molar-refractivity contribution in [3.05, 3.63) is 29.8 Å². The minimum absolute atomic E-state index is 0.0732. The number of benzene rings is 1. The van der Waals surface area contributed by atoms with Crippen LogP contribution in [0.4, 0.5) is 5.69 Å². The normalized spacial score (nSPS) is 10.1. The Morgan fingerprint density at radius 2 is 2.00 bits per heavy atom. The lowest BCUT2D eigenvalue weighted by atomic mass is 10.2. The van der Waals surface area contributed by atoms with Crippen molar-refractivity contribution >= 4 is 11.6 Å². The molecule has 0 unspecified atom stereocenters. The highest BCUT2D eigenvalue weighted by Gasteiger charge is 2.03. The summed E-state index contributed by atoms with van der Waals surface area (Å²) in [6.07, 6.45) is 2.07. The number of anilines is 1. The molecular weight excluding hydrogens is 268 g/mol. The second-order valence-electron chi connectivity index (χ2n) is 4.57. The number of nitriles is 1. The third kappa shape index (κ3) is 8.08. The zero-order valence-corrected chi connectivity index (χ0v) is 12.4. The molecule has 1 N–H and O–H groups in total. The van der Waals surface area contributed by atoms with Gasteiger partial charge in [0.25, 0.3) is 0 Å². The van der Waals surface area contributed by atoms with Crippen LogP contribution in [-0.4, -0.2) is 32.3 Å². The van der Waals surface area contributed by atoms with Gasteiger partial charge in [-0.1, -0.05) is 13.0 Å². The van der Waals surface area contributed by atoms with Gasteiger partial charge in [-0.15, -0.1) is 0 Å². The summed E-state index contributed by atoms with van der Waals surface area (Å²) in [6, 6.07) is 8.90. The molecule has 0 atom stereocenters. The first-order valence-corrected chi connectivity index (χ1v) is 7.21. The largest absolute Gasteiger partial charge is 0.379 e. The van der Waals surface area contributed by atoms with E-state index in [1.165, 1.54) is 0 Å². The fourth-order valence-corrected chi connectivity index (χ4v) is 1.69. The van der Waals surface area contributed by atoms with Crippen LogP contribution in [0, 0.1) is 11.3 Å². The van der Waals surface area contributed by atoms with Crippen LogP contribution >= 0.6 is 0 Å². The first-order chi connectivity index (χ1) is 10.3. The summed E-state index contributed by atoms with van der Waals surface area (Å²) in [5, 5.41) is 11.5. The number of nitrogens with one attached hydrogen (secondary N) is 1. The molecule has 0 fully saturated rings. The van der Waals surface area contributed by atoms with E-state index in [9.17, 15) is 4.79 Å². The molecule has 1 aromatic rings. The molecule has 1 amide bonds. The second kappa shape index (κ2) is 10.8. The van der Waals surface area contributed by atoms with Gasteiger partial charge in [-0.3, -0.25) is 4.79 Å². The Morgan fingerprint density at radius 3 is 2.71 bits per heavy atom. The van der Waals surface area contributed by atoms with Crippen LogP contribution in [-0.2, 0) is 14.3 Å². The average molecular weight is 290 g/mol. The van der Waals surface area contributed by atoms with Gasteiger partial charge in [0.2, 0.25) is 5.91 Å². The van der Waals surface area contributed by atoms with Crippen LogP contribution in [0.5, 0.6) is 0 Å². The number of hydrogen-bond acceptors (Lipinski definition) is 4. The summed E-state index contributed by atoms with van der Waals surface area (Å²) in [6.45, 7) is 4.52. The lowest BCUT2D eigenvalue weighted by Crippen LogP contribution is -2.13. The summed E-state index contributed by atoms with van der Waals surface area (Å²) >= 11 is 0. The Bertz CT molecular complexity index is 469. The van der Waals surface area contributed by atoms with Crippen LogP contribution in [0.3, 0.4) is 0 Å². The fraction of sp³-hybridized carbons (Fsp3) is 0.500. The van der Waals surface area contributed by atoms with Crippen LogP contribution < -0.4 is 5.32 Å². The van der Waals surface area contributed by atoms with E-state index in [0.717, 1.165) is 13.0 Å². The Morgan fingerprint density at radius 1 is 1.24 bits per heavy atom. The summed E-state index contributed by atoms with van der Waals surface area (Å²) < 4.78 is 10.6. The molecule has 0 aliphatic heterocycles. The van der Waals surface area contributed by atoms with E-state index < -0.39 is 0 Å². The number of carbonyl (C=O) groups excluding carboxylic acids is 1. The number of ether oxygens (including phenoxy) is 2. The van der Waals surface area contributed by atoms with Crippen LogP contribution in [0.25, 0.3) is 0 Å². The van der Waals surface area contributed by atoms with Crippen LogP contribution in [0.15, 0.2) is 24.3 Å². The molecule has 0 spiro atoms. The Kier molecular flexibility index (Phi) is 8.85. The van der Waals surface area contributed by atoms with Crippen molar-refractivity contribution in [3.63, 3.8) is 0 Å². The van der Waals surface area contributed by atoms with Crippen molar-refractivity contribution in [1.29, 1.82) is 5.26 Å². The summed E-state index contributed by atoms with van der Waals surface area (Å²) in [7, 11) is 0.